The van der Waals surface area contributed by atoms with Gasteiger partial charge in [-0.15, -0.1) is 0 Å². The SMILES string of the molecule is N#Cc1ccc(C(F)(F)F)cc1C1(O)CC2CCCC(C1)S2(=O)=O. The molecule has 130 valence electrons. The third-order valence-corrected chi connectivity index (χ3v) is 7.74. The van der Waals surface area contributed by atoms with E-state index in [4.69, 9.17) is 0 Å². The molecule has 2 atom stereocenters. The predicted octanol–water partition coefficient (Wildman–Crippen LogP) is 2.89. The van der Waals surface area contributed by atoms with E-state index in [9.17, 15) is 32.0 Å². The lowest BCUT2D eigenvalue weighted by molar-refractivity contribution is -0.137. The van der Waals surface area contributed by atoms with Crippen molar-refractivity contribution < 1.29 is 26.7 Å². The van der Waals surface area contributed by atoms with Crippen LogP contribution in [0.15, 0.2) is 18.2 Å². The van der Waals surface area contributed by atoms with Crippen molar-refractivity contribution in [3.8, 4) is 6.07 Å². The molecule has 0 amide bonds. The van der Waals surface area contributed by atoms with E-state index in [0.717, 1.165) is 24.6 Å². The number of benzene rings is 1. The van der Waals surface area contributed by atoms with Crippen molar-refractivity contribution >= 4 is 9.84 Å². The van der Waals surface area contributed by atoms with Gasteiger partial charge in [0, 0.05) is 5.56 Å². The number of halogens is 3. The van der Waals surface area contributed by atoms with Crippen molar-refractivity contribution in [3.63, 3.8) is 0 Å². The van der Waals surface area contributed by atoms with Crippen molar-refractivity contribution in [2.24, 2.45) is 0 Å². The van der Waals surface area contributed by atoms with Crippen LogP contribution >= 0.6 is 0 Å². The first-order chi connectivity index (χ1) is 11.1. The van der Waals surface area contributed by atoms with Gasteiger partial charge in [-0.1, -0.05) is 6.42 Å². The summed E-state index contributed by atoms with van der Waals surface area (Å²) < 4.78 is 63.6. The highest BCUT2D eigenvalue weighted by Crippen LogP contribution is 2.47. The van der Waals surface area contributed by atoms with E-state index in [2.05, 4.69) is 0 Å². The molecule has 2 aliphatic rings. The lowest BCUT2D eigenvalue weighted by Gasteiger charge is -2.44. The fraction of sp³-hybridized carbons (Fsp3) is 0.562. The number of nitrogens with zero attached hydrogens (tertiary/aromatic N) is 1. The Bertz CT molecular complexity index is 791. The zero-order chi connectivity index (χ0) is 17.8. The second-order valence-corrected chi connectivity index (χ2v) is 9.09. The molecule has 2 saturated heterocycles. The van der Waals surface area contributed by atoms with Gasteiger partial charge in [-0.2, -0.15) is 18.4 Å². The molecule has 1 N–H and O–H groups in total. The van der Waals surface area contributed by atoms with E-state index < -0.39 is 37.7 Å². The highest BCUT2D eigenvalue weighted by atomic mass is 32.2. The van der Waals surface area contributed by atoms with Crippen LogP contribution in [-0.2, 0) is 21.6 Å². The predicted molar refractivity (Wildman–Crippen MR) is 79.6 cm³/mol. The van der Waals surface area contributed by atoms with Crippen LogP contribution in [0.2, 0.25) is 0 Å². The van der Waals surface area contributed by atoms with Crippen molar-refractivity contribution in [3.05, 3.63) is 34.9 Å². The summed E-state index contributed by atoms with van der Waals surface area (Å²) in [6.07, 6.45) is -3.43. The minimum atomic E-state index is -4.60. The molecule has 2 fully saturated rings. The Balaban J connectivity index is 2.10. The minimum absolute atomic E-state index is 0.0529. The molecule has 0 aromatic heterocycles. The maximum atomic E-state index is 13.0. The van der Waals surface area contributed by atoms with E-state index in [0.29, 0.717) is 12.8 Å². The molecule has 0 saturated carbocycles. The molecule has 1 aromatic carbocycles. The molecule has 8 heteroatoms. The third kappa shape index (κ3) is 2.70. The quantitative estimate of drug-likeness (QED) is 0.836. The highest BCUT2D eigenvalue weighted by Gasteiger charge is 2.52. The number of sulfone groups is 1. The summed E-state index contributed by atoms with van der Waals surface area (Å²) in [6, 6.07) is 4.42. The summed E-state index contributed by atoms with van der Waals surface area (Å²) in [4.78, 5) is 0. The van der Waals surface area contributed by atoms with Gasteiger partial charge in [-0.25, -0.2) is 8.42 Å². The van der Waals surface area contributed by atoms with Gasteiger partial charge in [0.05, 0.1) is 33.3 Å². The van der Waals surface area contributed by atoms with Gasteiger partial charge in [0.2, 0.25) is 0 Å². The van der Waals surface area contributed by atoms with E-state index in [1.54, 1.807) is 6.07 Å². The smallest absolute Gasteiger partial charge is 0.385 e. The lowest BCUT2D eigenvalue weighted by atomic mass is 9.78. The summed E-state index contributed by atoms with van der Waals surface area (Å²) in [7, 11) is -3.37. The molecule has 0 spiro atoms. The first-order valence-electron chi connectivity index (χ1n) is 7.65. The number of nitriles is 1. The van der Waals surface area contributed by atoms with Crippen LogP contribution < -0.4 is 0 Å². The van der Waals surface area contributed by atoms with Gasteiger partial charge in [-0.05, 0) is 43.9 Å². The monoisotopic (exact) mass is 359 g/mol. The van der Waals surface area contributed by atoms with Crippen LogP contribution in [0.1, 0.15) is 48.8 Å². The Morgan fingerprint density at radius 2 is 1.79 bits per heavy atom. The molecule has 0 aliphatic carbocycles. The largest absolute Gasteiger partial charge is 0.416 e. The molecule has 2 aliphatic heterocycles. The first-order valence-corrected chi connectivity index (χ1v) is 9.26. The normalized spacial score (nSPS) is 32.1. The van der Waals surface area contributed by atoms with Gasteiger partial charge < -0.3 is 5.11 Å². The van der Waals surface area contributed by atoms with Crippen molar-refractivity contribution in [2.45, 2.75) is 54.4 Å². The average molecular weight is 359 g/mol. The molecule has 0 radical (unpaired) electrons. The fourth-order valence-electron chi connectivity index (χ4n) is 3.87. The maximum absolute atomic E-state index is 13.0. The number of aliphatic hydroxyl groups is 1. The molecular weight excluding hydrogens is 343 g/mol. The molecule has 24 heavy (non-hydrogen) atoms. The number of rotatable bonds is 1. The van der Waals surface area contributed by atoms with Crippen molar-refractivity contribution in [1.82, 2.24) is 0 Å². The van der Waals surface area contributed by atoms with E-state index in [1.165, 1.54) is 0 Å². The van der Waals surface area contributed by atoms with Crippen LogP contribution in [-0.4, -0.2) is 24.0 Å². The topological polar surface area (TPSA) is 78.2 Å². The zero-order valence-electron chi connectivity index (χ0n) is 12.7. The molecule has 2 bridgehead atoms. The number of hydrogen-bond acceptors (Lipinski definition) is 4. The number of hydrogen-bond donors (Lipinski definition) is 1. The second-order valence-electron chi connectivity index (χ2n) is 6.57. The first kappa shape index (κ1) is 17.2. The Labute approximate surface area is 137 Å². The Morgan fingerprint density at radius 3 is 2.29 bits per heavy atom. The summed E-state index contributed by atoms with van der Waals surface area (Å²) in [5, 5.41) is 18.7. The average Bonchev–Trinajstić information content (AvgIpc) is 2.47. The van der Waals surface area contributed by atoms with Crippen LogP contribution in [0.4, 0.5) is 13.2 Å². The van der Waals surface area contributed by atoms with Crippen LogP contribution in [0, 0.1) is 11.3 Å². The minimum Gasteiger partial charge on any atom is -0.385 e. The second kappa shape index (κ2) is 5.46. The van der Waals surface area contributed by atoms with Crippen molar-refractivity contribution in [2.75, 3.05) is 0 Å². The van der Waals surface area contributed by atoms with E-state index >= 15 is 0 Å². The van der Waals surface area contributed by atoms with Crippen LogP contribution in [0.5, 0.6) is 0 Å². The summed E-state index contributed by atoms with van der Waals surface area (Å²) >= 11 is 0. The Hall–Kier alpha value is -1.59. The van der Waals surface area contributed by atoms with E-state index in [1.807, 2.05) is 0 Å². The highest BCUT2D eigenvalue weighted by molar-refractivity contribution is 7.92. The molecule has 1 aromatic rings. The molecule has 4 nitrogen and oxygen atoms in total. The standard InChI is InChI=1S/C16H16F3NO3S/c17-16(18,19)11-5-4-10(9-20)14(6-11)15(21)7-12-2-1-3-13(8-15)24(12,22)23/h4-6,12-13,21H,1-3,7-8H2. The van der Waals surface area contributed by atoms with Crippen LogP contribution in [0.3, 0.4) is 0 Å². The van der Waals surface area contributed by atoms with Gasteiger partial charge in [0.15, 0.2) is 9.84 Å². The molecular formula is C16H16F3NO3S. The van der Waals surface area contributed by atoms with Crippen LogP contribution in [0.25, 0.3) is 0 Å². The zero-order valence-corrected chi connectivity index (χ0v) is 13.5. The summed E-state index contributed by atoms with van der Waals surface area (Å²) in [5.41, 5.74) is -2.86. The lowest BCUT2D eigenvalue weighted by Crippen LogP contribution is -2.50. The van der Waals surface area contributed by atoms with Gasteiger partial charge in [0.25, 0.3) is 0 Å². The molecule has 3 rings (SSSR count). The van der Waals surface area contributed by atoms with Gasteiger partial charge >= 0.3 is 6.18 Å². The Morgan fingerprint density at radius 1 is 1.21 bits per heavy atom. The Kier molecular flexibility index (Phi) is 3.92. The molecule has 2 heterocycles. The van der Waals surface area contributed by atoms with E-state index in [-0.39, 0.29) is 24.0 Å². The summed E-state index contributed by atoms with van der Waals surface area (Å²) in [6.45, 7) is 0. The van der Waals surface area contributed by atoms with Gasteiger partial charge in [0.1, 0.15) is 0 Å². The maximum Gasteiger partial charge on any atom is 0.416 e. The molecule has 2 unspecified atom stereocenters. The number of alkyl halides is 3. The van der Waals surface area contributed by atoms with Gasteiger partial charge in [-0.3, -0.25) is 0 Å². The number of fused-ring (bicyclic) bond motifs is 2. The summed E-state index contributed by atoms with van der Waals surface area (Å²) in [5.74, 6) is 0. The third-order valence-electron chi connectivity index (χ3n) is 5.08. The fourth-order valence-corrected chi connectivity index (χ4v) is 6.42. The van der Waals surface area contributed by atoms with Crippen molar-refractivity contribution in [1.29, 1.82) is 5.26 Å².